The molecule has 0 amide bonds. The van der Waals surface area contributed by atoms with E-state index in [0.717, 1.165) is 18.9 Å². The summed E-state index contributed by atoms with van der Waals surface area (Å²) >= 11 is 0. The molecule has 2 atom stereocenters. The van der Waals surface area contributed by atoms with Crippen molar-refractivity contribution < 1.29 is 17.9 Å². The van der Waals surface area contributed by atoms with Crippen molar-refractivity contribution in [1.29, 1.82) is 0 Å². The number of sulfonamides is 1. The van der Waals surface area contributed by atoms with Crippen LogP contribution in [0.1, 0.15) is 32.6 Å². The first kappa shape index (κ1) is 15.4. The minimum Gasteiger partial charge on any atom is -0.393 e. The predicted octanol–water partition coefficient (Wildman–Crippen LogP) is 2.14. The van der Waals surface area contributed by atoms with Crippen molar-refractivity contribution in [2.45, 2.75) is 49.6 Å². The van der Waals surface area contributed by atoms with Crippen LogP contribution in [0.5, 0.6) is 0 Å². The van der Waals surface area contributed by atoms with Crippen LogP contribution in [-0.4, -0.2) is 36.5 Å². The van der Waals surface area contributed by atoms with E-state index in [9.17, 15) is 17.9 Å². The maximum atomic E-state index is 13.8. The summed E-state index contributed by atoms with van der Waals surface area (Å²) in [7, 11) is -3.84. The van der Waals surface area contributed by atoms with Gasteiger partial charge in [-0.2, -0.15) is 4.31 Å². The molecule has 2 unspecified atom stereocenters. The molecule has 0 bridgehead atoms. The van der Waals surface area contributed by atoms with E-state index in [2.05, 4.69) is 0 Å². The molecule has 1 aliphatic rings. The number of aliphatic hydroxyl groups excluding tert-OH is 1. The lowest BCUT2D eigenvalue weighted by atomic mass is 10.00. The molecule has 1 aromatic rings. The van der Waals surface area contributed by atoms with Crippen LogP contribution in [0.3, 0.4) is 0 Å². The molecule has 1 aliphatic heterocycles. The van der Waals surface area contributed by atoms with Gasteiger partial charge in [-0.1, -0.05) is 18.6 Å². The highest BCUT2D eigenvalue weighted by Crippen LogP contribution is 2.28. The van der Waals surface area contributed by atoms with Crippen LogP contribution < -0.4 is 0 Å². The van der Waals surface area contributed by atoms with Crippen molar-refractivity contribution in [2.24, 2.45) is 0 Å². The molecular weight excluding hydrogens is 281 g/mol. The standard InChI is InChI=1S/C14H20FNO3S/c1-11(17)10-12-6-4-5-9-16(12)20(18,19)14-8-3-2-7-13(14)15/h2-3,7-8,11-12,17H,4-6,9-10H2,1H3. The van der Waals surface area contributed by atoms with Gasteiger partial charge in [0.1, 0.15) is 10.7 Å². The molecule has 1 fully saturated rings. The highest BCUT2D eigenvalue weighted by atomic mass is 32.2. The van der Waals surface area contributed by atoms with Gasteiger partial charge in [0, 0.05) is 12.6 Å². The summed E-state index contributed by atoms with van der Waals surface area (Å²) in [5.74, 6) is -0.728. The number of rotatable bonds is 4. The van der Waals surface area contributed by atoms with E-state index in [4.69, 9.17) is 0 Å². The summed E-state index contributed by atoms with van der Waals surface area (Å²) in [6, 6.07) is 5.18. The molecule has 1 aromatic carbocycles. The van der Waals surface area contributed by atoms with Crippen LogP contribution >= 0.6 is 0 Å². The molecule has 0 spiro atoms. The summed E-state index contributed by atoms with van der Waals surface area (Å²) in [5, 5.41) is 9.52. The van der Waals surface area contributed by atoms with E-state index in [1.807, 2.05) is 0 Å². The number of piperidine rings is 1. The Labute approximate surface area is 119 Å². The van der Waals surface area contributed by atoms with E-state index in [1.54, 1.807) is 6.92 Å². The van der Waals surface area contributed by atoms with Gasteiger partial charge in [0.2, 0.25) is 10.0 Å². The Balaban J connectivity index is 2.33. The Morgan fingerprint density at radius 1 is 1.40 bits per heavy atom. The number of halogens is 1. The van der Waals surface area contributed by atoms with Crippen molar-refractivity contribution >= 4 is 10.0 Å². The van der Waals surface area contributed by atoms with Crippen molar-refractivity contribution in [1.82, 2.24) is 4.31 Å². The second-order valence-electron chi connectivity index (χ2n) is 5.28. The molecule has 112 valence electrons. The van der Waals surface area contributed by atoms with Crippen molar-refractivity contribution in [3.8, 4) is 0 Å². The van der Waals surface area contributed by atoms with E-state index in [-0.39, 0.29) is 10.9 Å². The summed E-state index contributed by atoms with van der Waals surface area (Å²) in [6.07, 6.45) is 2.22. The molecule has 6 heteroatoms. The van der Waals surface area contributed by atoms with Gasteiger partial charge in [0.15, 0.2) is 0 Å². The van der Waals surface area contributed by atoms with Crippen LogP contribution in [0.25, 0.3) is 0 Å². The van der Waals surface area contributed by atoms with Gasteiger partial charge in [-0.25, -0.2) is 12.8 Å². The molecule has 0 saturated carbocycles. The Bertz CT molecular complexity index is 559. The third-order valence-corrected chi connectivity index (χ3v) is 5.59. The summed E-state index contributed by atoms with van der Waals surface area (Å²) in [6.45, 7) is 2.02. The molecule has 4 nitrogen and oxygen atoms in total. The van der Waals surface area contributed by atoms with Crippen molar-refractivity contribution in [3.05, 3.63) is 30.1 Å². The van der Waals surface area contributed by atoms with Crippen molar-refractivity contribution in [3.63, 3.8) is 0 Å². The van der Waals surface area contributed by atoms with Crippen LogP contribution in [0, 0.1) is 5.82 Å². The summed E-state index contributed by atoms with van der Waals surface area (Å²) in [4.78, 5) is -0.280. The predicted molar refractivity (Wildman–Crippen MR) is 74.2 cm³/mol. The monoisotopic (exact) mass is 301 g/mol. The van der Waals surface area contributed by atoms with Gasteiger partial charge in [-0.3, -0.25) is 0 Å². The second kappa shape index (κ2) is 6.20. The van der Waals surface area contributed by atoms with Gasteiger partial charge in [0.05, 0.1) is 6.10 Å². The molecule has 1 heterocycles. The fourth-order valence-electron chi connectivity index (χ4n) is 2.70. The second-order valence-corrected chi connectivity index (χ2v) is 7.14. The lowest BCUT2D eigenvalue weighted by molar-refractivity contribution is 0.131. The normalized spacial score (nSPS) is 22.6. The van der Waals surface area contributed by atoms with Gasteiger partial charge in [0.25, 0.3) is 0 Å². The number of hydrogen-bond acceptors (Lipinski definition) is 3. The first-order valence-corrected chi connectivity index (χ1v) is 8.31. The zero-order valence-electron chi connectivity index (χ0n) is 11.5. The topological polar surface area (TPSA) is 57.6 Å². The van der Waals surface area contributed by atoms with E-state index < -0.39 is 21.9 Å². The van der Waals surface area contributed by atoms with Crippen LogP contribution in [0.15, 0.2) is 29.2 Å². The Kier molecular flexibility index (Phi) is 4.78. The molecule has 0 aliphatic carbocycles. The van der Waals surface area contributed by atoms with Gasteiger partial charge < -0.3 is 5.11 Å². The van der Waals surface area contributed by atoms with Crippen LogP contribution in [0.2, 0.25) is 0 Å². The van der Waals surface area contributed by atoms with Gasteiger partial charge in [-0.05, 0) is 38.3 Å². The van der Waals surface area contributed by atoms with Crippen LogP contribution in [0.4, 0.5) is 4.39 Å². The van der Waals surface area contributed by atoms with Gasteiger partial charge in [-0.15, -0.1) is 0 Å². The zero-order valence-corrected chi connectivity index (χ0v) is 12.3. The van der Waals surface area contributed by atoms with E-state index in [0.29, 0.717) is 19.4 Å². The molecule has 1 N–H and O–H groups in total. The number of hydrogen-bond donors (Lipinski definition) is 1. The first-order chi connectivity index (χ1) is 9.43. The SMILES string of the molecule is CC(O)CC1CCCCN1S(=O)(=O)c1ccccc1F. The molecular formula is C14H20FNO3S. The number of aliphatic hydroxyl groups is 1. The third-order valence-electron chi connectivity index (χ3n) is 3.61. The fourth-order valence-corrected chi connectivity index (χ4v) is 4.47. The first-order valence-electron chi connectivity index (χ1n) is 6.87. The van der Waals surface area contributed by atoms with Crippen molar-refractivity contribution in [2.75, 3.05) is 6.54 Å². The fraction of sp³-hybridized carbons (Fsp3) is 0.571. The largest absolute Gasteiger partial charge is 0.393 e. The molecule has 2 rings (SSSR count). The quantitative estimate of drug-likeness (QED) is 0.927. The minimum atomic E-state index is -3.84. The van der Waals surface area contributed by atoms with E-state index >= 15 is 0 Å². The molecule has 1 saturated heterocycles. The average Bonchev–Trinajstić information content (AvgIpc) is 2.38. The lowest BCUT2D eigenvalue weighted by Gasteiger charge is -2.35. The van der Waals surface area contributed by atoms with Gasteiger partial charge >= 0.3 is 0 Å². The number of benzene rings is 1. The summed E-state index contributed by atoms with van der Waals surface area (Å²) < 4.78 is 40.3. The molecule has 0 radical (unpaired) electrons. The highest BCUT2D eigenvalue weighted by molar-refractivity contribution is 7.89. The Morgan fingerprint density at radius 3 is 2.75 bits per heavy atom. The Morgan fingerprint density at radius 2 is 2.10 bits per heavy atom. The van der Waals surface area contributed by atoms with E-state index in [1.165, 1.54) is 22.5 Å². The molecule has 0 aromatic heterocycles. The zero-order chi connectivity index (χ0) is 14.8. The summed E-state index contributed by atoms with van der Waals surface area (Å²) in [5.41, 5.74) is 0. The maximum Gasteiger partial charge on any atom is 0.246 e. The third kappa shape index (κ3) is 3.19. The average molecular weight is 301 g/mol. The smallest absolute Gasteiger partial charge is 0.246 e. The Hall–Kier alpha value is -0.980. The highest BCUT2D eigenvalue weighted by Gasteiger charge is 2.35. The lowest BCUT2D eigenvalue weighted by Crippen LogP contribution is -2.45. The molecule has 20 heavy (non-hydrogen) atoms. The maximum absolute atomic E-state index is 13.8. The van der Waals surface area contributed by atoms with Crippen LogP contribution in [-0.2, 0) is 10.0 Å². The number of nitrogens with zero attached hydrogens (tertiary/aromatic N) is 1. The minimum absolute atomic E-state index is 0.256.